The van der Waals surface area contributed by atoms with Gasteiger partial charge in [0.15, 0.2) is 0 Å². The van der Waals surface area contributed by atoms with Crippen LogP contribution in [0.15, 0.2) is 0 Å². The Hall–Kier alpha value is 0.412. The fourth-order valence-electron chi connectivity index (χ4n) is 9.62. The second-order valence-electron chi connectivity index (χ2n) is 15.3. The zero-order valence-corrected chi connectivity index (χ0v) is 31.3. The molecule has 3 rings (SSSR count). The van der Waals surface area contributed by atoms with E-state index in [2.05, 4.69) is 41.5 Å². The molecule has 3 aliphatic rings. The first-order valence-corrected chi connectivity index (χ1v) is 21.4. The molecule has 6 atom stereocenters. The second kappa shape index (κ2) is 19.9. The molecular weight excluding hydrogens is 543 g/mol. The zero-order chi connectivity index (χ0) is 31.0. The van der Waals surface area contributed by atoms with E-state index in [-0.39, 0.29) is 16.8 Å². The van der Waals surface area contributed by atoms with Gasteiger partial charge in [-0.3, -0.25) is 0 Å². The minimum atomic E-state index is -2.44. The first-order valence-electron chi connectivity index (χ1n) is 20.0. The van der Waals surface area contributed by atoms with Crippen molar-refractivity contribution in [2.75, 3.05) is 0 Å². The van der Waals surface area contributed by atoms with E-state index >= 15 is 0 Å². The number of rotatable bonds is 24. The van der Waals surface area contributed by atoms with Gasteiger partial charge in [-0.1, -0.05) is 138 Å². The highest BCUT2D eigenvalue weighted by Gasteiger charge is 2.57. The summed E-state index contributed by atoms with van der Waals surface area (Å²) in [6.07, 6.45) is 34.6. The maximum absolute atomic E-state index is 7.74. The van der Waals surface area contributed by atoms with Gasteiger partial charge in [0.2, 0.25) is 0 Å². The minimum absolute atomic E-state index is 0.0188. The summed E-state index contributed by atoms with van der Waals surface area (Å²) in [7, 11) is 0. The van der Waals surface area contributed by atoms with Crippen LogP contribution in [0.1, 0.15) is 215 Å². The Morgan fingerprint density at radius 2 is 0.721 bits per heavy atom. The molecule has 0 aromatic heterocycles. The van der Waals surface area contributed by atoms with E-state index in [1.165, 1.54) is 173 Å². The SMILES string of the molecule is CCCCC1CCCC1(CCCC)[O][Al]([O]C1(CCCC)CCCC1CCCC)[O]C1(CCCC)CCCC1CCCC. The van der Waals surface area contributed by atoms with Gasteiger partial charge in [0, 0.05) is 16.8 Å². The van der Waals surface area contributed by atoms with Crippen LogP contribution in [-0.4, -0.2) is 32.0 Å². The van der Waals surface area contributed by atoms with Gasteiger partial charge in [-0.2, -0.15) is 0 Å². The summed E-state index contributed by atoms with van der Waals surface area (Å²) in [5.41, 5.74) is -0.0565. The van der Waals surface area contributed by atoms with Gasteiger partial charge in [0.25, 0.3) is 0 Å². The third kappa shape index (κ3) is 10.5. The quantitative estimate of drug-likeness (QED) is 0.101. The maximum atomic E-state index is 7.74. The molecule has 0 saturated heterocycles. The lowest BCUT2D eigenvalue weighted by Gasteiger charge is -2.46. The number of hydrogen-bond donors (Lipinski definition) is 0. The predicted molar refractivity (Wildman–Crippen MR) is 186 cm³/mol. The molecule has 6 unspecified atom stereocenters. The predicted octanol–water partition coefficient (Wildman–Crippen LogP) is 12.8. The fraction of sp³-hybridized carbons (Fsp3) is 1.00. The maximum Gasteiger partial charge on any atom is 0.906 e. The molecule has 43 heavy (non-hydrogen) atoms. The Kier molecular flexibility index (Phi) is 17.6. The molecule has 0 bridgehead atoms. The van der Waals surface area contributed by atoms with Crippen LogP contribution in [-0.2, 0) is 11.4 Å². The van der Waals surface area contributed by atoms with Gasteiger partial charge in [-0.15, -0.1) is 0 Å². The molecular formula is C39H75AlO3. The zero-order valence-electron chi connectivity index (χ0n) is 30.1. The third-order valence-corrected chi connectivity index (χ3v) is 14.2. The lowest BCUT2D eigenvalue weighted by Crippen LogP contribution is -2.54. The van der Waals surface area contributed by atoms with Crippen LogP contribution in [0.3, 0.4) is 0 Å². The van der Waals surface area contributed by atoms with Crippen molar-refractivity contribution in [1.29, 1.82) is 0 Å². The van der Waals surface area contributed by atoms with Gasteiger partial charge >= 0.3 is 15.1 Å². The topological polar surface area (TPSA) is 27.7 Å². The highest BCUT2D eigenvalue weighted by molar-refractivity contribution is 6.37. The standard InChI is InChI=1S/3C13H25O.Al/c3*1-3-5-8-12-9-7-11-13(12,14)10-6-4-2;/h3*12H,3-11H2,1-2H3;/q3*-1;+3. The normalized spacial score (nSPS) is 32.7. The van der Waals surface area contributed by atoms with Crippen molar-refractivity contribution >= 4 is 15.1 Å². The molecule has 3 saturated carbocycles. The average molecular weight is 619 g/mol. The lowest BCUT2D eigenvalue weighted by molar-refractivity contribution is -0.126. The largest absolute Gasteiger partial charge is 0.906 e. The van der Waals surface area contributed by atoms with Crippen LogP contribution < -0.4 is 0 Å². The van der Waals surface area contributed by atoms with Crippen LogP contribution in [0.25, 0.3) is 0 Å². The van der Waals surface area contributed by atoms with Crippen LogP contribution in [0.4, 0.5) is 0 Å². The van der Waals surface area contributed by atoms with Crippen molar-refractivity contribution < 1.29 is 11.4 Å². The van der Waals surface area contributed by atoms with Crippen molar-refractivity contribution in [3.05, 3.63) is 0 Å². The summed E-state index contributed by atoms with van der Waals surface area (Å²) in [5.74, 6) is 2.04. The van der Waals surface area contributed by atoms with Gasteiger partial charge in [-0.05, 0) is 94.8 Å². The molecule has 4 heteroatoms. The van der Waals surface area contributed by atoms with Crippen molar-refractivity contribution in [2.45, 2.75) is 232 Å². The van der Waals surface area contributed by atoms with Gasteiger partial charge in [-0.25, -0.2) is 0 Å². The molecule has 0 aliphatic heterocycles. The lowest BCUT2D eigenvalue weighted by atomic mass is 9.83. The Labute approximate surface area is 275 Å². The van der Waals surface area contributed by atoms with Crippen LogP contribution in [0.2, 0.25) is 0 Å². The molecule has 3 aliphatic carbocycles. The Bertz CT molecular complexity index is 636. The highest BCUT2D eigenvalue weighted by atomic mass is 27.3. The van der Waals surface area contributed by atoms with Crippen molar-refractivity contribution in [1.82, 2.24) is 0 Å². The van der Waals surface area contributed by atoms with E-state index in [1.807, 2.05) is 0 Å². The molecule has 252 valence electrons. The fourth-order valence-corrected chi connectivity index (χ4v) is 12.2. The second-order valence-corrected chi connectivity index (χ2v) is 16.6. The molecule has 3 fully saturated rings. The number of unbranched alkanes of at least 4 members (excludes halogenated alkanes) is 6. The van der Waals surface area contributed by atoms with E-state index in [0.29, 0.717) is 17.8 Å². The summed E-state index contributed by atoms with van der Waals surface area (Å²) in [5, 5.41) is 0. The van der Waals surface area contributed by atoms with Crippen LogP contribution >= 0.6 is 0 Å². The van der Waals surface area contributed by atoms with Crippen LogP contribution in [0.5, 0.6) is 0 Å². The van der Waals surface area contributed by atoms with Crippen molar-refractivity contribution in [2.24, 2.45) is 17.8 Å². The summed E-state index contributed by atoms with van der Waals surface area (Å²) in [6, 6.07) is 0. The smallest absolute Gasteiger partial charge is 0.449 e. The molecule has 0 aromatic carbocycles. The van der Waals surface area contributed by atoms with E-state index in [9.17, 15) is 0 Å². The van der Waals surface area contributed by atoms with Gasteiger partial charge < -0.3 is 11.4 Å². The van der Waals surface area contributed by atoms with Gasteiger partial charge in [0.1, 0.15) is 0 Å². The minimum Gasteiger partial charge on any atom is -0.449 e. The van der Waals surface area contributed by atoms with Crippen molar-refractivity contribution in [3.63, 3.8) is 0 Å². The van der Waals surface area contributed by atoms with Crippen molar-refractivity contribution in [3.8, 4) is 0 Å². The Morgan fingerprint density at radius 1 is 0.442 bits per heavy atom. The van der Waals surface area contributed by atoms with E-state index in [4.69, 9.17) is 11.4 Å². The summed E-state index contributed by atoms with van der Waals surface area (Å²) in [6.45, 7) is 14.1. The molecule has 0 amide bonds. The molecule has 0 N–H and O–H groups in total. The first kappa shape index (κ1) is 37.9. The average Bonchev–Trinajstić information content (AvgIpc) is 3.72. The molecule has 0 heterocycles. The molecule has 0 spiro atoms. The summed E-state index contributed by atoms with van der Waals surface area (Å²) in [4.78, 5) is 0. The highest BCUT2D eigenvalue weighted by Crippen LogP contribution is 2.51. The Balaban J connectivity index is 2.01. The van der Waals surface area contributed by atoms with E-state index in [1.54, 1.807) is 0 Å². The third-order valence-electron chi connectivity index (χ3n) is 12.3. The Morgan fingerprint density at radius 3 is 0.977 bits per heavy atom. The van der Waals surface area contributed by atoms with Gasteiger partial charge in [0.05, 0.1) is 0 Å². The summed E-state index contributed by atoms with van der Waals surface area (Å²) >= 11 is -2.44. The number of hydrogen-bond acceptors (Lipinski definition) is 3. The molecule has 0 aromatic rings. The first-order chi connectivity index (χ1) is 21.0. The monoisotopic (exact) mass is 619 g/mol. The van der Waals surface area contributed by atoms with Crippen LogP contribution in [0, 0.1) is 17.8 Å². The molecule has 3 nitrogen and oxygen atoms in total. The van der Waals surface area contributed by atoms with E-state index in [0.717, 1.165) is 0 Å². The summed E-state index contributed by atoms with van der Waals surface area (Å²) < 4.78 is 23.2. The molecule has 0 radical (unpaired) electrons. The van der Waals surface area contributed by atoms with E-state index < -0.39 is 15.1 Å².